The molecule has 0 aromatic rings. The summed E-state index contributed by atoms with van der Waals surface area (Å²) in [5, 5.41) is 17.8. The van der Waals surface area contributed by atoms with Gasteiger partial charge in [-0.05, 0) is 51.4 Å². The summed E-state index contributed by atoms with van der Waals surface area (Å²) in [7, 11) is 0. The van der Waals surface area contributed by atoms with Gasteiger partial charge < -0.3 is 14.9 Å². The maximum absolute atomic E-state index is 9.11. The molecule has 0 heterocycles. The maximum atomic E-state index is 9.11. The zero-order chi connectivity index (χ0) is 19.1. The Labute approximate surface area is 161 Å². The Kier molecular flexibility index (Phi) is 20.9. The van der Waals surface area contributed by atoms with Gasteiger partial charge in [0.15, 0.2) is 0 Å². The second kappa shape index (κ2) is 21.9. The molecule has 150 valence electrons. The molecule has 1 unspecified atom stereocenters. The summed E-state index contributed by atoms with van der Waals surface area (Å²) in [6.45, 7) is 2.87. The van der Waals surface area contributed by atoms with Crippen LogP contribution in [0, 0.1) is 0 Å². The minimum Gasteiger partial charge on any atom is -0.394 e. The fourth-order valence-corrected chi connectivity index (χ4v) is 2.30. The van der Waals surface area contributed by atoms with Gasteiger partial charge in [-0.25, -0.2) is 0 Å². The number of rotatable bonds is 18. The van der Waals surface area contributed by atoms with Crippen LogP contribution in [0.2, 0.25) is 0 Å². The molecule has 3 nitrogen and oxygen atoms in total. The lowest BCUT2D eigenvalue weighted by Crippen LogP contribution is -2.19. The summed E-state index contributed by atoms with van der Waals surface area (Å²) < 4.78 is 5.26. The molecule has 0 bridgehead atoms. The molecule has 0 amide bonds. The van der Waals surface area contributed by atoms with E-state index in [0.717, 1.165) is 38.5 Å². The fraction of sp³-hybridized carbons (Fsp3) is 0.652. The van der Waals surface area contributed by atoms with Gasteiger partial charge in [0.2, 0.25) is 0 Å². The van der Waals surface area contributed by atoms with Crippen molar-refractivity contribution >= 4 is 0 Å². The smallest absolute Gasteiger partial charge is 0.100 e. The molecule has 0 spiro atoms. The first kappa shape index (κ1) is 24.8. The van der Waals surface area contributed by atoms with Gasteiger partial charge in [0, 0.05) is 6.61 Å². The topological polar surface area (TPSA) is 49.7 Å². The second-order valence-electron chi connectivity index (χ2n) is 6.50. The summed E-state index contributed by atoms with van der Waals surface area (Å²) >= 11 is 0. The molecular formula is C23H40O3. The largest absolute Gasteiger partial charge is 0.394 e. The number of ether oxygens (including phenoxy) is 1. The molecule has 0 saturated carbocycles. The number of hydrogen-bond donors (Lipinski definition) is 2. The first-order valence-corrected chi connectivity index (χ1v) is 10.3. The van der Waals surface area contributed by atoms with Crippen molar-refractivity contribution in [1.82, 2.24) is 0 Å². The molecule has 2 N–H and O–H groups in total. The summed E-state index contributed by atoms with van der Waals surface area (Å²) in [5.74, 6) is 0. The van der Waals surface area contributed by atoms with Crippen LogP contribution in [0.25, 0.3) is 0 Å². The van der Waals surface area contributed by atoms with E-state index >= 15 is 0 Å². The Morgan fingerprint density at radius 1 is 0.731 bits per heavy atom. The maximum Gasteiger partial charge on any atom is 0.100 e. The van der Waals surface area contributed by atoms with Crippen molar-refractivity contribution in [2.75, 3.05) is 19.8 Å². The average Bonchev–Trinajstić information content (AvgIpc) is 2.66. The van der Waals surface area contributed by atoms with Crippen LogP contribution >= 0.6 is 0 Å². The van der Waals surface area contributed by atoms with Crippen LogP contribution in [0.5, 0.6) is 0 Å². The first-order chi connectivity index (χ1) is 12.8. The van der Waals surface area contributed by atoms with Crippen LogP contribution in [0.3, 0.4) is 0 Å². The third kappa shape index (κ3) is 20.9. The molecule has 0 fully saturated rings. The van der Waals surface area contributed by atoms with Crippen LogP contribution in [0.1, 0.15) is 71.1 Å². The van der Waals surface area contributed by atoms with Crippen molar-refractivity contribution in [3.05, 3.63) is 48.6 Å². The van der Waals surface area contributed by atoms with E-state index in [-0.39, 0.29) is 13.2 Å². The molecule has 1 atom stereocenters. The molecule has 0 saturated heterocycles. The molecule has 3 heteroatoms. The third-order valence-electron chi connectivity index (χ3n) is 3.89. The van der Waals surface area contributed by atoms with Gasteiger partial charge in [-0.3, -0.25) is 0 Å². The molecule has 0 radical (unpaired) electrons. The third-order valence-corrected chi connectivity index (χ3v) is 3.89. The van der Waals surface area contributed by atoms with Crippen molar-refractivity contribution in [2.24, 2.45) is 0 Å². The lowest BCUT2D eigenvalue weighted by molar-refractivity contribution is 0.00541. The highest BCUT2D eigenvalue weighted by Crippen LogP contribution is 2.01. The Hall–Kier alpha value is -1.16. The Morgan fingerprint density at radius 3 is 1.73 bits per heavy atom. The molecular weight excluding hydrogens is 324 g/mol. The Morgan fingerprint density at radius 2 is 1.23 bits per heavy atom. The van der Waals surface area contributed by atoms with E-state index in [2.05, 4.69) is 55.5 Å². The van der Waals surface area contributed by atoms with Crippen LogP contribution in [-0.2, 0) is 4.74 Å². The van der Waals surface area contributed by atoms with Gasteiger partial charge in [-0.1, -0.05) is 68.4 Å². The van der Waals surface area contributed by atoms with E-state index in [4.69, 9.17) is 14.9 Å². The summed E-state index contributed by atoms with van der Waals surface area (Å²) in [5.41, 5.74) is 0. The normalized spacial score (nSPS) is 13.8. The molecule has 0 aliphatic heterocycles. The van der Waals surface area contributed by atoms with Gasteiger partial charge in [0.05, 0.1) is 13.2 Å². The number of aliphatic hydroxyl groups is 2. The van der Waals surface area contributed by atoms with Gasteiger partial charge in [-0.2, -0.15) is 0 Å². The predicted molar refractivity (Wildman–Crippen MR) is 112 cm³/mol. The lowest BCUT2D eigenvalue weighted by Gasteiger charge is -2.07. The monoisotopic (exact) mass is 364 g/mol. The number of hydrogen-bond acceptors (Lipinski definition) is 3. The molecule has 0 aliphatic rings. The average molecular weight is 365 g/mol. The molecule has 0 aromatic heterocycles. The summed E-state index contributed by atoms with van der Waals surface area (Å²) in [6, 6.07) is 0. The Balaban J connectivity index is 3.36. The highest BCUT2D eigenvalue weighted by atomic mass is 16.5. The van der Waals surface area contributed by atoms with Gasteiger partial charge in [0.25, 0.3) is 0 Å². The van der Waals surface area contributed by atoms with Gasteiger partial charge in [-0.15, -0.1) is 0 Å². The number of allylic oxidation sites excluding steroid dienone is 8. The van der Waals surface area contributed by atoms with E-state index in [0.29, 0.717) is 6.61 Å². The highest BCUT2D eigenvalue weighted by Gasteiger charge is 2.00. The molecule has 0 aliphatic carbocycles. The second-order valence-corrected chi connectivity index (χ2v) is 6.50. The van der Waals surface area contributed by atoms with Gasteiger partial charge in [0.1, 0.15) is 6.10 Å². The van der Waals surface area contributed by atoms with Gasteiger partial charge >= 0.3 is 0 Å². The van der Waals surface area contributed by atoms with Crippen LogP contribution in [0.15, 0.2) is 48.6 Å². The summed E-state index contributed by atoms with van der Waals surface area (Å²) in [6.07, 6.45) is 28.5. The lowest BCUT2D eigenvalue weighted by atomic mass is 10.2. The zero-order valence-corrected chi connectivity index (χ0v) is 16.7. The minimum absolute atomic E-state index is 0.223. The van der Waals surface area contributed by atoms with Crippen molar-refractivity contribution in [3.8, 4) is 0 Å². The van der Waals surface area contributed by atoms with Crippen molar-refractivity contribution in [1.29, 1.82) is 0 Å². The Bertz CT molecular complexity index is 383. The quantitative estimate of drug-likeness (QED) is 0.249. The van der Waals surface area contributed by atoms with Crippen molar-refractivity contribution < 1.29 is 14.9 Å². The van der Waals surface area contributed by atoms with Crippen LogP contribution < -0.4 is 0 Å². The minimum atomic E-state index is -0.747. The molecule has 26 heavy (non-hydrogen) atoms. The zero-order valence-electron chi connectivity index (χ0n) is 16.7. The van der Waals surface area contributed by atoms with E-state index < -0.39 is 6.10 Å². The molecule has 0 aromatic carbocycles. The van der Waals surface area contributed by atoms with E-state index in [1.54, 1.807) is 0 Å². The highest BCUT2D eigenvalue weighted by molar-refractivity contribution is 4.99. The van der Waals surface area contributed by atoms with E-state index in [1.165, 1.54) is 25.7 Å². The number of unbranched alkanes of at least 4 members (excludes halogenated alkanes) is 5. The fourth-order valence-electron chi connectivity index (χ4n) is 2.30. The van der Waals surface area contributed by atoms with E-state index in [1.807, 2.05) is 0 Å². The predicted octanol–water partition coefficient (Wildman–Crippen LogP) is 5.50. The SMILES string of the molecule is CCCCC/C=C/C/C=C/C/C=C/C/C=C/CCCCOCC(O)CO. The molecule has 0 rings (SSSR count). The standard InChI is InChI=1S/C23H40O3/c1-2-3-4-5-6-7-8-9-10-11-12-13-14-15-16-17-18-19-20-26-22-23(25)21-24/h6-7,9-10,12-13,15-16,23-25H,2-5,8,11,14,17-22H2,1H3/b7-6+,10-9+,13-12+,16-15+. The summed E-state index contributed by atoms with van der Waals surface area (Å²) in [4.78, 5) is 0. The van der Waals surface area contributed by atoms with Crippen LogP contribution in [-0.4, -0.2) is 36.1 Å². The van der Waals surface area contributed by atoms with E-state index in [9.17, 15) is 0 Å². The van der Waals surface area contributed by atoms with Crippen molar-refractivity contribution in [3.63, 3.8) is 0 Å². The van der Waals surface area contributed by atoms with Crippen LogP contribution in [0.4, 0.5) is 0 Å². The first-order valence-electron chi connectivity index (χ1n) is 10.3. The van der Waals surface area contributed by atoms with Crippen molar-refractivity contribution in [2.45, 2.75) is 77.2 Å². The number of aliphatic hydroxyl groups excluding tert-OH is 2.